The summed E-state index contributed by atoms with van der Waals surface area (Å²) >= 11 is 0. The monoisotopic (exact) mass is 503 g/mol. The van der Waals surface area contributed by atoms with Crippen molar-refractivity contribution in [3.05, 3.63) is 53.1 Å². The Labute approximate surface area is 207 Å². The highest BCUT2D eigenvalue weighted by Crippen LogP contribution is 2.33. The summed E-state index contributed by atoms with van der Waals surface area (Å²) in [5.74, 6) is 5.61. The van der Waals surface area contributed by atoms with Gasteiger partial charge in [-0.05, 0) is 60.5 Å². The summed E-state index contributed by atoms with van der Waals surface area (Å²) in [4.78, 5) is 3.96. The number of benzene rings is 2. The van der Waals surface area contributed by atoms with E-state index in [2.05, 4.69) is 20.9 Å². The first-order valence-corrected chi connectivity index (χ1v) is 13.1. The molecule has 1 fully saturated rings. The first-order chi connectivity index (χ1) is 16.7. The van der Waals surface area contributed by atoms with Gasteiger partial charge in [-0.15, -0.1) is 5.10 Å². The lowest BCUT2D eigenvalue weighted by Crippen LogP contribution is -2.30. The number of hydrogen-bond acceptors (Lipinski definition) is 7. The minimum Gasteiger partial charge on any atom is -0.382 e. The fourth-order valence-corrected chi connectivity index (χ4v) is 5.12. The molecule has 3 rings (SSSR count). The maximum Gasteiger partial charge on any atom is 0.239 e. The lowest BCUT2D eigenvalue weighted by molar-refractivity contribution is 0.371. The second kappa shape index (κ2) is 13.0. The number of guanidine groups is 1. The van der Waals surface area contributed by atoms with Crippen LogP contribution < -0.4 is 39.0 Å². The SMILES string of the molecule is CC.NN/N=C(\N)c1c(-c2ccc(CN=C(N)N)cc2)ccc(CC2CCNCC2)c1S(N)(=O)=O. The molecule has 1 saturated heterocycles. The molecular formula is C23H37N9O2S. The average Bonchev–Trinajstić information content (AvgIpc) is 2.84. The molecule has 1 aliphatic heterocycles. The largest absolute Gasteiger partial charge is 0.382 e. The molecule has 12 N–H and O–H groups in total. The van der Waals surface area contributed by atoms with E-state index in [0.29, 0.717) is 30.0 Å². The van der Waals surface area contributed by atoms with Gasteiger partial charge in [0.25, 0.3) is 0 Å². The summed E-state index contributed by atoms with van der Waals surface area (Å²) in [5.41, 5.74) is 22.1. The molecule has 0 amide bonds. The van der Waals surface area contributed by atoms with Crippen LogP contribution in [0.2, 0.25) is 0 Å². The average molecular weight is 504 g/mol. The number of hydrogen-bond donors (Lipinski definition) is 7. The fraction of sp³-hybridized carbons (Fsp3) is 0.391. The van der Waals surface area contributed by atoms with E-state index in [0.717, 1.165) is 37.1 Å². The number of piperidine rings is 1. The summed E-state index contributed by atoms with van der Waals surface area (Å²) in [6.07, 6.45) is 2.47. The molecule has 0 atom stereocenters. The highest BCUT2D eigenvalue weighted by molar-refractivity contribution is 7.89. The molecule has 0 aromatic heterocycles. The van der Waals surface area contributed by atoms with Crippen molar-refractivity contribution >= 4 is 21.8 Å². The molecule has 0 radical (unpaired) electrons. The number of amidine groups is 1. The number of hydrazone groups is 1. The van der Waals surface area contributed by atoms with Gasteiger partial charge < -0.3 is 22.5 Å². The Kier molecular flexibility index (Phi) is 10.5. The van der Waals surface area contributed by atoms with Crippen molar-refractivity contribution in [2.45, 2.75) is 44.6 Å². The lowest BCUT2D eigenvalue weighted by atomic mass is 9.88. The van der Waals surface area contributed by atoms with Crippen LogP contribution in [0.15, 0.2) is 51.4 Å². The first kappa shape index (κ1) is 28.1. The van der Waals surface area contributed by atoms with Crippen molar-refractivity contribution in [3.8, 4) is 11.1 Å². The van der Waals surface area contributed by atoms with Gasteiger partial charge in [0.2, 0.25) is 10.0 Å². The third-order valence-corrected chi connectivity index (χ3v) is 6.68. The third-order valence-electron chi connectivity index (χ3n) is 5.64. The van der Waals surface area contributed by atoms with Gasteiger partial charge in [-0.1, -0.05) is 50.2 Å². The number of nitrogens with two attached hydrogens (primary N) is 5. The number of aliphatic imine (C=N–C) groups is 1. The zero-order valence-electron chi connectivity index (χ0n) is 20.3. The van der Waals surface area contributed by atoms with E-state index in [4.69, 9.17) is 28.2 Å². The smallest absolute Gasteiger partial charge is 0.239 e. The fourth-order valence-electron chi connectivity index (χ4n) is 4.10. The molecule has 1 aliphatic rings. The van der Waals surface area contributed by atoms with Crippen molar-refractivity contribution in [1.82, 2.24) is 10.9 Å². The second-order valence-electron chi connectivity index (χ2n) is 7.98. The van der Waals surface area contributed by atoms with E-state index >= 15 is 0 Å². The van der Waals surface area contributed by atoms with Crippen LogP contribution >= 0.6 is 0 Å². The summed E-state index contributed by atoms with van der Waals surface area (Å²) in [5, 5.41) is 12.9. The Balaban J connectivity index is 0.00000210. The number of nitrogens with zero attached hydrogens (tertiary/aromatic N) is 2. The van der Waals surface area contributed by atoms with Crippen LogP contribution in [0.25, 0.3) is 11.1 Å². The molecular weight excluding hydrogens is 466 g/mol. The number of primary sulfonamides is 1. The maximum absolute atomic E-state index is 12.8. The minimum atomic E-state index is -4.13. The highest BCUT2D eigenvalue weighted by atomic mass is 32.2. The Hall–Kier alpha value is -3.19. The van der Waals surface area contributed by atoms with Gasteiger partial charge in [0, 0.05) is 5.56 Å². The number of hydrazine groups is 1. The molecule has 35 heavy (non-hydrogen) atoms. The first-order valence-electron chi connectivity index (χ1n) is 11.5. The zero-order chi connectivity index (χ0) is 26.0. The predicted molar refractivity (Wildman–Crippen MR) is 141 cm³/mol. The summed E-state index contributed by atoms with van der Waals surface area (Å²) in [6, 6.07) is 11.0. The van der Waals surface area contributed by atoms with Crippen LogP contribution in [0.3, 0.4) is 0 Å². The van der Waals surface area contributed by atoms with Gasteiger partial charge in [-0.2, -0.15) is 0 Å². The van der Waals surface area contributed by atoms with E-state index < -0.39 is 10.0 Å². The molecule has 1 heterocycles. The van der Waals surface area contributed by atoms with Crippen LogP contribution in [0.5, 0.6) is 0 Å². The van der Waals surface area contributed by atoms with Crippen molar-refractivity contribution in [1.29, 1.82) is 0 Å². The molecule has 192 valence electrons. The van der Waals surface area contributed by atoms with Crippen LogP contribution in [0.4, 0.5) is 0 Å². The van der Waals surface area contributed by atoms with Crippen molar-refractivity contribution in [2.24, 2.45) is 44.2 Å². The van der Waals surface area contributed by atoms with Crippen molar-refractivity contribution in [3.63, 3.8) is 0 Å². The van der Waals surface area contributed by atoms with Crippen molar-refractivity contribution in [2.75, 3.05) is 13.1 Å². The molecule has 11 nitrogen and oxygen atoms in total. The van der Waals surface area contributed by atoms with Crippen LogP contribution in [0.1, 0.15) is 43.4 Å². The van der Waals surface area contributed by atoms with Gasteiger partial charge in [-0.3, -0.25) is 0 Å². The summed E-state index contributed by atoms with van der Waals surface area (Å²) in [6.45, 7) is 6.12. The normalized spacial score (nSPS) is 14.6. The molecule has 0 unspecified atom stereocenters. The van der Waals surface area contributed by atoms with E-state index in [9.17, 15) is 8.42 Å². The van der Waals surface area contributed by atoms with Gasteiger partial charge in [0.05, 0.1) is 11.4 Å². The molecule has 0 bridgehead atoms. The van der Waals surface area contributed by atoms with Crippen molar-refractivity contribution < 1.29 is 8.42 Å². The van der Waals surface area contributed by atoms with Gasteiger partial charge in [0.1, 0.15) is 0 Å². The minimum absolute atomic E-state index is 0.00163. The molecule has 2 aromatic rings. The maximum atomic E-state index is 12.8. The molecule has 0 saturated carbocycles. The molecule has 0 spiro atoms. The Morgan fingerprint density at radius 3 is 2.23 bits per heavy atom. The Morgan fingerprint density at radius 1 is 1.06 bits per heavy atom. The van der Waals surface area contributed by atoms with Crippen LogP contribution in [-0.2, 0) is 23.0 Å². The Bertz CT molecular complexity index is 1140. The van der Waals surface area contributed by atoms with Gasteiger partial charge in [-0.25, -0.2) is 29.9 Å². The molecule has 2 aromatic carbocycles. The Morgan fingerprint density at radius 2 is 1.69 bits per heavy atom. The number of sulfonamides is 1. The number of nitrogens with one attached hydrogen (secondary N) is 2. The topological polar surface area (TPSA) is 213 Å². The quantitative estimate of drug-likeness (QED) is 0.116. The highest BCUT2D eigenvalue weighted by Gasteiger charge is 2.27. The predicted octanol–water partition coefficient (Wildman–Crippen LogP) is 0.426. The standard InChI is InChI=1S/C21H31N9O2S.C2H6/c22-20(29-30-25)18-17(15-3-1-14(2-4-15)12-28-21(23)24)6-5-16(19(18)33(26,31)32)11-13-7-9-27-10-8-13;1-2/h1-6,13,27,30H,7-12,25H2,(H2,22,29)(H4,23,24,28)(H2,26,31,32);1-2H3. The summed E-state index contributed by atoms with van der Waals surface area (Å²) < 4.78 is 25.6. The summed E-state index contributed by atoms with van der Waals surface area (Å²) in [7, 11) is -4.13. The van der Waals surface area contributed by atoms with E-state index in [1.165, 1.54) is 0 Å². The van der Waals surface area contributed by atoms with E-state index in [-0.39, 0.29) is 22.3 Å². The lowest BCUT2D eigenvalue weighted by Gasteiger charge is -2.24. The van der Waals surface area contributed by atoms with E-state index in [1.54, 1.807) is 6.07 Å². The zero-order valence-corrected chi connectivity index (χ0v) is 21.1. The van der Waals surface area contributed by atoms with Crippen LogP contribution in [-0.4, -0.2) is 33.3 Å². The van der Waals surface area contributed by atoms with Gasteiger partial charge in [0.15, 0.2) is 11.8 Å². The second-order valence-corrected chi connectivity index (χ2v) is 9.48. The number of rotatable bonds is 8. The van der Waals surface area contributed by atoms with Crippen LogP contribution in [0, 0.1) is 5.92 Å². The third kappa shape index (κ3) is 7.65. The molecule has 12 heteroatoms. The molecule has 0 aliphatic carbocycles. The van der Waals surface area contributed by atoms with E-state index in [1.807, 2.05) is 44.2 Å². The van der Waals surface area contributed by atoms with Gasteiger partial charge >= 0.3 is 0 Å².